The number of nitrogens with one attached hydrogen (secondary N) is 1. The molecule has 1 N–H and O–H groups in total. The molecule has 2 aromatic carbocycles. The molecule has 0 aliphatic rings. The number of para-hydroxylation sites is 1. The number of aromatic nitrogens is 4. The molecule has 0 unspecified atom stereocenters. The van der Waals surface area contributed by atoms with Gasteiger partial charge in [-0.3, -0.25) is 9.67 Å². The van der Waals surface area contributed by atoms with Gasteiger partial charge in [0.1, 0.15) is 5.01 Å². The summed E-state index contributed by atoms with van der Waals surface area (Å²) >= 11 is 7.05. The Kier molecular flexibility index (Phi) is 3.84. The van der Waals surface area contributed by atoms with Crippen molar-refractivity contribution in [1.29, 1.82) is 0 Å². The minimum Gasteiger partial charge on any atom is -0.267 e. The molecular weight excluding hydrogens is 336 g/mol. The quantitative estimate of drug-likeness (QED) is 0.527. The Morgan fingerprint density at radius 3 is 2.38 bits per heavy atom. The fourth-order valence-electron chi connectivity index (χ4n) is 2.57. The maximum Gasteiger partial charge on any atom is 0.200 e. The molecule has 0 spiro atoms. The summed E-state index contributed by atoms with van der Waals surface area (Å²) in [6.45, 7) is 2.01. The molecule has 24 heavy (non-hydrogen) atoms. The Morgan fingerprint density at radius 2 is 1.67 bits per heavy atom. The maximum absolute atomic E-state index is 5.43. The largest absolute Gasteiger partial charge is 0.267 e. The summed E-state index contributed by atoms with van der Waals surface area (Å²) in [5, 5.41) is 8.33. The van der Waals surface area contributed by atoms with Crippen LogP contribution in [0.5, 0.6) is 0 Å². The van der Waals surface area contributed by atoms with E-state index in [1.54, 1.807) is 11.3 Å². The lowest BCUT2D eigenvalue weighted by atomic mass is 10.2. The van der Waals surface area contributed by atoms with Gasteiger partial charge in [-0.25, -0.2) is 4.98 Å². The van der Waals surface area contributed by atoms with E-state index in [2.05, 4.69) is 22.3 Å². The van der Waals surface area contributed by atoms with Crippen LogP contribution in [0.15, 0.2) is 60.7 Å². The normalized spacial score (nSPS) is 10.9. The zero-order chi connectivity index (χ0) is 16.5. The van der Waals surface area contributed by atoms with Gasteiger partial charge in [-0.2, -0.15) is 5.10 Å². The Morgan fingerprint density at radius 1 is 1.00 bits per heavy atom. The Balaban J connectivity index is 1.87. The van der Waals surface area contributed by atoms with Gasteiger partial charge in [0.15, 0.2) is 10.6 Å². The molecule has 0 fully saturated rings. The first-order chi connectivity index (χ1) is 11.7. The highest BCUT2D eigenvalue weighted by Crippen LogP contribution is 2.35. The Labute approximate surface area is 148 Å². The standard InChI is InChI=1S/C18H14N4S2/c1-12-15(24-17(19-12)13-8-4-2-5-9-13)16-20-21-18(23)22(16)14-10-6-3-7-11-14/h2-11H,1H3,(H,21,23). The summed E-state index contributed by atoms with van der Waals surface area (Å²) in [7, 11) is 0. The lowest BCUT2D eigenvalue weighted by molar-refractivity contribution is 1.04. The summed E-state index contributed by atoms with van der Waals surface area (Å²) < 4.78 is 2.52. The fraction of sp³-hybridized carbons (Fsp3) is 0.0556. The van der Waals surface area contributed by atoms with Gasteiger partial charge in [-0.05, 0) is 31.3 Å². The van der Waals surface area contributed by atoms with Crippen molar-refractivity contribution in [1.82, 2.24) is 19.7 Å². The molecule has 0 saturated heterocycles. The number of aromatic amines is 1. The second-order valence-electron chi connectivity index (χ2n) is 5.32. The molecule has 0 aliphatic heterocycles. The van der Waals surface area contributed by atoms with Crippen LogP contribution in [0.1, 0.15) is 5.69 Å². The van der Waals surface area contributed by atoms with Gasteiger partial charge < -0.3 is 0 Å². The molecule has 118 valence electrons. The monoisotopic (exact) mass is 350 g/mol. The lowest BCUT2D eigenvalue weighted by Gasteiger charge is -2.05. The van der Waals surface area contributed by atoms with Crippen LogP contribution >= 0.6 is 23.6 Å². The molecule has 0 aliphatic carbocycles. The van der Waals surface area contributed by atoms with Crippen LogP contribution in [0.2, 0.25) is 0 Å². The van der Waals surface area contributed by atoms with E-state index in [-0.39, 0.29) is 0 Å². The van der Waals surface area contributed by atoms with Crippen molar-refractivity contribution in [3.63, 3.8) is 0 Å². The van der Waals surface area contributed by atoms with E-state index in [1.165, 1.54) is 0 Å². The minimum atomic E-state index is 0.574. The summed E-state index contributed by atoms with van der Waals surface area (Å²) in [5.74, 6) is 0.795. The van der Waals surface area contributed by atoms with Crippen LogP contribution in [0, 0.1) is 11.7 Å². The van der Waals surface area contributed by atoms with Crippen LogP contribution in [-0.2, 0) is 0 Å². The number of thiazole rings is 1. The third-order valence-corrected chi connectivity index (χ3v) is 5.18. The van der Waals surface area contributed by atoms with E-state index >= 15 is 0 Å². The molecule has 0 saturated carbocycles. The predicted octanol–water partition coefficient (Wildman–Crippen LogP) is 5.03. The molecule has 0 atom stereocenters. The van der Waals surface area contributed by atoms with Crippen molar-refractivity contribution in [2.24, 2.45) is 0 Å². The maximum atomic E-state index is 5.43. The van der Waals surface area contributed by atoms with E-state index in [1.807, 2.05) is 60.0 Å². The zero-order valence-electron chi connectivity index (χ0n) is 12.9. The average molecular weight is 350 g/mol. The zero-order valence-corrected chi connectivity index (χ0v) is 14.6. The molecule has 4 aromatic rings. The van der Waals surface area contributed by atoms with Crippen molar-refractivity contribution >= 4 is 23.6 Å². The van der Waals surface area contributed by atoms with Crippen molar-refractivity contribution in [2.75, 3.05) is 0 Å². The summed E-state index contributed by atoms with van der Waals surface area (Å²) in [6, 6.07) is 20.2. The smallest absolute Gasteiger partial charge is 0.200 e. The number of aryl methyl sites for hydroxylation is 1. The first kappa shape index (κ1) is 15.0. The summed E-state index contributed by atoms with van der Waals surface area (Å²) in [4.78, 5) is 5.74. The first-order valence-electron chi connectivity index (χ1n) is 7.50. The molecular formula is C18H14N4S2. The minimum absolute atomic E-state index is 0.574. The Hall–Kier alpha value is -2.57. The predicted molar refractivity (Wildman–Crippen MR) is 100 cm³/mol. The van der Waals surface area contributed by atoms with Gasteiger partial charge in [0.2, 0.25) is 0 Å². The first-order valence-corrected chi connectivity index (χ1v) is 8.72. The molecule has 4 rings (SSSR count). The van der Waals surface area contributed by atoms with E-state index in [0.717, 1.165) is 32.7 Å². The van der Waals surface area contributed by atoms with Crippen LogP contribution < -0.4 is 0 Å². The summed E-state index contributed by atoms with van der Waals surface area (Å²) in [6.07, 6.45) is 0. The van der Waals surface area contributed by atoms with E-state index in [0.29, 0.717) is 4.77 Å². The molecule has 0 amide bonds. The molecule has 0 radical (unpaired) electrons. The van der Waals surface area contributed by atoms with Gasteiger partial charge in [0.25, 0.3) is 0 Å². The topological polar surface area (TPSA) is 46.5 Å². The highest BCUT2D eigenvalue weighted by atomic mass is 32.1. The van der Waals surface area contributed by atoms with Crippen molar-refractivity contribution in [3.8, 4) is 27.0 Å². The van der Waals surface area contributed by atoms with E-state index in [9.17, 15) is 0 Å². The highest BCUT2D eigenvalue weighted by Gasteiger charge is 2.17. The van der Waals surface area contributed by atoms with Gasteiger partial charge in [-0.1, -0.05) is 48.5 Å². The molecule has 6 heteroatoms. The third-order valence-electron chi connectivity index (χ3n) is 3.71. The van der Waals surface area contributed by atoms with Gasteiger partial charge in [-0.15, -0.1) is 11.3 Å². The molecule has 0 bridgehead atoms. The van der Waals surface area contributed by atoms with Crippen LogP contribution in [0.3, 0.4) is 0 Å². The SMILES string of the molecule is Cc1nc(-c2ccccc2)sc1-c1n[nH]c(=S)n1-c1ccccc1. The van der Waals surface area contributed by atoms with E-state index in [4.69, 9.17) is 17.2 Å². The van der Waals surface area contributed by atoms with Crippen LogP contribution in [-0.4, -0.2) is 19.7 Å². The van der Waals surface area contributed by atoms with Gasteiger partial charge in [0.05, 0.1) is 10.6 Å². The molecule has 4 nitrogen and oxygen atoms in total. The number of benzene rings is 2. The van der Waals surface area contributed by atoms with Gasteiger partial charge >= 0.3 is 0 Å². The fourth-order valence-corrected chi connectivity index (χ4v) is 3.86. The van der Waals surface area contributed by atoms with Crippen molar-refractivity contribution in [2.45, 2.75) is 6.92 Å². The lowest BCUT2D eigenvalue weighted by Crippen LogP contribution is -1.97. The number of H-pyrrole nitrogens is 1. The van der Waals surface area contributed by atoms with Gasteiger partial charge in [0, 0.05) is 11.3 Å². The molecule has 2 heterocycles. The average Bonchev–Trinajstić information content (AvgIpc) is 3.19. The van der Waals surface area contributed by atoms with Crippen molar-refractivity contribution < 1.29 is 0 Å². The second kappa shape index (κ2) is 6.14. The number of hydrogen-bond donors (Lipinski definition) is 1. The van der Waals surface area contributed by atoms with Crippen molar-refractivity contribution in [3.05, 3.63) is 71.1 Å². The highest BCUT2D eigenvalue weighted by molar-refractivity contribution is 7.71. The second-order valence-corrected chi connectivity index (χ2v) is 6.71. The number of nitrogens with zero attached hydrogens (tertiary/aromatic N) is 3. The summed E-state index contributed by atoms with van der Waals surface area (Å²) in [5.41, 5.74) is 3.04. The van der Waals surface area contributed by atoms with Crippen LogP contribution in [0.4, 0.5) is 0 Å². The van der Waals surface area contributed by atoms with Crippen LogP contribution in [0.25, 0.3) is 27.0 Å². The Bertz CT molecular complexity index is 1030. The molecule has 2 aromatic heterocycles. The van der Waals surface area contributed by atoms with E-state index < -0.39 is 0 Å². The number of rotatable bonds is 3. The number of hydrogen-bond acceptors (Lipinski definition) is 4. The third kappa shape index (κ3) is 2.60.